The van der Waals surface area contributed by atoms with Gasteiger partial charge in [-0.3, -0.25) is 4.79 Å². The van der Waals surface area contributed by atoms with Crippen LogP contribution in [0.25, 0.3) is 0 Å². The number of phenolic OH excluding ortho intramolecular Hbond substituents is 1. The summed E-state index contributed by atoms with van der Waals surface area (Å²) in [5, 5.41) is 17.4. The van der Waals surface area contributed by atoms with E-state index < -0.39 is 29.3 Å². The monoisotopic (exact) mass is 231 g/mol. The standard InChI is InChI=1S/C10H11F2NO3/c11-7-1-5(2-8(12)10(7)16)6(4-13)3-9(14)15/h1-2,6,16H,3-4,13H2,(H,14,15). The normalized spacial score (nSPS) is 12.4. The average Bonchev–Trinajstić information content (AvgIpc) is 2.21. The summed E-state index contributed by atoms with van der Waals surface area (Å²) in [5.74, 6) is -5.11. The van der Waals surface area contributed by atoms with Gasteiger partial charge in [0.15, 0.2) is 17.4 Å². The third kappa shape index (κ3) is 2.66. The van der Waals surface area contributed by atoms with E-state index in [2.05, 4.69) is 0 Å². The van der Waals surface area contributed by atoms with Gasteiger partial charge >= 0.3 is 5.97 Å². The number of carboxylic acid groups (broad SMARTS) is 1. The lowest BCUT2D eigenvalue weighted by Gasteiger charge is -2.13. The predicted molar refractivity (Wildman–Crippen MR) is 52.1 cm³/mol. The molecule has 6 heteroatoms. The first-order chi connectivity index (χ1) is 7.45. The maximum absolute atomic E-state index is 13.0. The second kappa shape index (κ2) is 4.89. The molecular weight excluding hydrogens is 220 g/mol. The Hall–Kier alpha value is -1.69. The highest BCUT2D eigenvalue weighted by Gasteiger charge is 2.18. The highest BCUT2D eigenvalue weighted by Crippen LogP contribution is 2.27. The van der Waals surface area contributed by atoms with E-state index in [9.17, 15) is 13.6 Å². The van der Waals surface area contributed by atoms with E-state index in [0.29, 0.717) is 0 Å². The molecule has 4 nitrogen and oxygen atoms in total. The van der Waals surface area contributed by atoms with Gasteiger partial charge in [0.2, 0.25) is 0 Å². The summed E-state index contributed by atoms with van der Waals surface area (Å²) in [7, 11) is 0. The first kappa shape index (κ1) is 12.4. The Morgan fingerprint density at radius 1 is 1.38 bits per heavy atom. The van der Waals surface area contributed by atoms with E-state index >= 15 is 0 Å². The van der Waals surface area contributed by atoms with Crippen molar-refractivity contribution in [3.63, 3.8) is 0 Å². The lowest BCUT2D eigenvalue weighted by atomic mass is 9.95. The molecule has 1 atom stereocenters. The molecule has 0 fully saturated rings. The van der Waals surface area contributed by atoms with Crippen LogP contribution < -0.4 is 5.73 Å². The average molecular weight is 231 g/mol. The van der Waals surface area contributed by atoms with Crippen molar-refractivity contribution in [2.75, 3.05) is 6.54 Å². The van der Waals surface area contributed by atoms with Gasteiger partial charge in [0.25, 0.3) is 0 Å². The molecule has 0 saturated heterocycles. The number of carboxylic acids is 1. The Bertz CT molecular complexity index is 386. The zero-order valence-electron chi connectivity index (χ0n) is 8.28. The third-order valence-electron chi connectivity index (χ3n) is 2.22. The van der Waals surface area contributed by atoms with Crippen molar-refractivity contribution in [3.05, 3.63) is 29.3 Å². The molecule has 1 rings (SSSR count). The fraction of sp³-hybridized carbons (Fsp3) is 0.300. The predicted octanol–water partition coefficient (Wildman–Crippen LogP) is 1.19. The Kier molecular flexibility index (Phi) is 3.78. The second-order valence-corrected chi connectivity index (χ2v) is 3.36. The number of hydrogen-bond donors (Lipinski definition) is 3. The van der Waals surface area contributed by atoms with Gasteiger partial charge in [-0.1, -0.05) is 0 Å². The summed E-state index contributed by atoms with van der Waals surface area (Å²) in [6.07, 6.45) is -0.319. The molecule has 0 amide bonds. The first-order valence-electron chi connectivity index (χ1n) is 4.55. The fourth-order valence-electron chi connectivity index (χ4n) is 1.37. The second-order valence-electron chi connectivity index (χ2n) is 3.36. The lowest BCUT2D eigenvalue weighted by molar-refractivity contribution is -0.137. The number of phenols is 1. The SMILES string of the molecule is NCC(CC(=O)O)c1cc(F)c(O)c(F)c1. The van der Waals surface area contributed by atoms with Crippen LogP contribution in [-0.2, 0) is 4.79 Å². The number of aromatic hydroxyl groups is 1. The van der Waals surface area contributed by atoms with E-state index in [1.165, 1.54) is 0 Å². The fourth-order valence-corrected chi connectivity index (χ4v) is 1.37. The van der Waals surface area contributed by atoms with Gasteiger partial charge in [0.1, 0.15) is 0 Å². The van der Waals surface area contributed by atoms with Gasteiger partial charge in [-0.15, -0.1) is 0 Å². The minimum absolute atomic E-state index is 0.0457. The number of rotatable bonds is 4. The first-order valence-corrected chi connectivity index (χ1v) is 4.55. The molecule has 0 bridgehead atoms. The topological polar surface area (TPSA) is 83.6 Å². The van der Waals surface area contributed by atoms with Gasteiger partial charge in [0.05, 0.1) is 6.42 Å². The molecule has 0 saturated carbocycles. The maximum Gasteiger partial charge on any atom is 0.304 e. The van der Waals surface area contributed by atoms with E-state index in [1.54, 1.807) is 0 Å². The lowest BCUT2D eigenvalue weighted by Crippen LogP contribution is -2.16. The number of hydrogen-bond acceptors (Lipinski definition) is 3. The molecule has 0 aromatic heterocycles. The van der Waals surface area contributed by atoms with Gasteiger partial charge in [-0.25, -0.2) is 8.78 Å². The summed E-state index contributed by atoms with van der Waals surface area (Å²) in [6, 6.07) is 1.78. The number of aliphatic carboxylic acids is 1. The highest BCUT2D eigenvalue weighted by atomic mass is 19.1. The quantitative estimate of drug-likeness (QED) is 0.726. The minimum Gasteiger partial charge on any atom is -0.503 e. The Morgan fingerprint density at radius 3 is 2.25 bits per heavy atom. The van der Waals surface area contributed by atoms with Crippen molar-refractivity contribution >= 4 is 5.97 Å². The summed E-state index contributed by atoms with van der Waals surface area (Å²) < 4.78 is 26.0. The molecule has 0 radical (unpaired) electrons. The molecule has 0 aliphatic rings. The van der Waals surface area contributed by atoms with Gasteiger partial charge < -0.3 is 15.9 Å². The van der Waals surface area contributed by atoms with E-state index in [1.807, 2.05) is 0 Å². The van der Waals surface area contributed by atoms with Crippen LogP contribution in [0.4, 0.5) is 8.78 Å². The summed E-state index contributed by atoms with van der Waals surface area (Å²) in [5.41, 5.74) is 5.44. The molecule has 0 heterocycles. The smallest absolute Gasteiger partial charge is 0.304 e. The van der Waals surface area contributed by atoms with Crippen molar-refractivity contribution in [1.82, 2.24) is 0 Å². The zero-order valence-corrected chi connectivity index (χ0v) is 8.28. The summed E-state index contributed by atoms with van der Waals surface area (Å²) >= 11 is 0. The van der Waals surface area contributed by atoms with Crippen LogP contribution in [0.5, 0.6) is 5.75 Å². The third-order valence-corrected chi connectivity index (χ3v) is 2.22. The minimum atomic E-state index is -1.13. The van der Waals surface area contributed by atoms with E-state index in [-0.39, 0.29) is 18.5 Å². The molecule has 88 valence electrons. The van der Waals surface area contributed by atoms with Crippen LogP contribution in [0.2, 0.25) is 0 Å². The van der Waals surface area contributed by atoms with Crippen LogP contribution in [0.1, 0.15) is 17.9 Å². The van der Waals surface area contributed by atoms with Crippen molar-refractivity contribution in [2.24, 2.45) is 5.73 Å². The molecule has 16 heavy (non-hydrogen) atoms. The van der Waals surface area contributed by atoms with Crippen LogP contribution in [0, 0.1) is 11.6 Å². The van der Waals surface area contributed by atoms with Gasteiger partial charge in [-0.05, 0) is 24.2 Å². The van der Waals surface area contributed by atoms with E-state index in [4.69, 9.17) is 15.9 Å². The van der Waals surface area contributed by atoms with Crippen LogP contribution in [0.3, 0.4) is 0 Å². The molecule has 1 aromatic carbocycles. The molecule has 4 N–H and O–H groups in total. The molecule has 0 spiro atoms. The number of halogens is 2. The van der Waals surface area contributed by atoms with E-state index in [0.717, 1.165) is 12.1 Å². The highest BCUT2D eigenvalue weighted by molar-refractivity contribution is 5.68. The molecule has 1 unspecified atom stereocenters. The largest absolute Gasteiger partial charge is 0.503 e. The number of nitrogens with two attached hydrogens (primary N) is 1. The van der Waals surface area contributed by atoms with Gasteiger partial charge in [0, 0.05) is 5.92 Å². The van der Waals surface area contributed by atoms with Crippen LogP contribution >= 0.6 is 0 Å². The van der Waals surface area contributed by atoms with Crippen molar-refractivity contribution < 1.29 is 23.8 Å². The molecule has 1 aromatic rings. The Morgan fingerprint density at radius 2 is 1.88 bits per heavy atom. The van der Waals surface area contributed by atoms with Crippen molar-refractivity contribution in [3.8, 4) is 5.75 Å². The van der Waals surface area contributed by atoms with Crippen molar-refractivity contribution in [1.29, 1.82) is 0 Å². The zero-order chi connectivity index (χ0) is 12.3. The summed E-state index contributed by atoms with van der Waals surface area (Å²) in [4.78, 5) is 10.5. The van der Waals surface area contributed by atoms with Crippen LogP contribution in [-0.4, -0.2) is 22.7 Å². The summed E-state index contributed by atoms with van der Waals surface area (Å²) in [6.45, 7) is -0.0457. The Balaban J connectivity index is 3.06. The maximum atomic E-state index is 13.0. The van der Waals surface area contributed by atoms with Crippen LogP contribution in [0.15, 0.2) is 12.1 Å². The molecule has 0 aliphatic carbocycles. The van der Waals surface area contributed by atoms with Crippen molar-refractivity contribution in [2.45, 2.75) is 12.3 Å². The number of carbonyl (C=O) groups is 1. The molecular formula is C10H11F2NO3. The Labute approximate surface area is 90.3 Å². The number of benzene rings is 1. The van der Waals surface area contributed by atoms with Gasteiger partial charge in [-0.2, -0.15) is 0 Å². The molecule has 0 aliphatic heterocycles.